The van der Waals surface area contributed by atoms with Gasteiger partial charge in [0.2, 0.25) is 5.91 Å². The maximum absolute atomic E-state index is 14.1. The Morgan fingerprint density at radius 2 is 1.77 bits per heavy atom. The number of carbonyl (C=O) groups excluding carboxylic acids is 1. The molecule has 1 heterocycles. The molecule has 7 rings (SSSR count). The largest absolute Gasteiger partial charge is 0.348 e. The van der Waals surface area contributed by atoms with Gasteiger partial charge in [-0.3, -0.25) is 9.36 Å². The Kier molecular flexibility index (Phi) is 5.91. The summed E-state index contributed by atoms with van der Waals surface area (Å²) in [5, 5.41) is 12.8. The van der Waals surface area contributed by atoms with E-state index in [1.54, 1.807) is 17.8 Å². The second kappa shape index (κ2) is 9.08. The van der Waals surface area contributed by atoms with Crippen LogP contribution in [-0.4, -0.2) is 20.7 Å². The molecule has 4 saturated carbocycles. The molecule has 0 saturated heterocycles. The number of amides is 1. The van der Waals surface area contributed by atoms with Crippen LogP contribution in [0.5, 0.6) is 0 Å². The Labute approximate surface area is 209 Å². The molecule has 1 amide bonds. The van der Waals surface area contributed by atoms with E-state index < -0.39 is 0 Å². The lowest BCUT2D eigenvalue weighted by atomic mass is 9.49. The molecule has 1 N–H and O–H groups in total. The quantitative estimate of drug-likeness (QED) is 0.423. The van der Waals surface area contributed by atoms with Crippen LogP contribution in [0.15, 0.2) is 53.7 Å². The summed E-state index contributed by atoms with van der Waals surface area (Å²) in [5.41, 5.74) is 2.87. The molecule has 2 aromatic carbocycles. The van der Waals surface area contributed by atoms with E-state index >= 15 is 0 Å². The zero-order chi connectivity index (χ0) is 24.0. The first kappa shape index (κ1) is 22.8. The van der Waals surface area contributed by atoms with Crippen molar-refractivity contribution >= 4 is 17.7 Å². The van der Waals surface area contributed by atoms with Crippen LogP contribution in [-0.2, 0) is 17.1 Å². The maximum Gasteiger partial charge on any atom is 0.226 e. The Morgan fingerprint density at radius 3 is 2.46 bits per heavy atom. The molecular formula is C28H31FN4OS. The number of thioether (sulfide) groups is 1. The monoisotopic (exact) mass is 490 g/mol. The molecular weight excluding hydrogens is 459 g/mol. The van der Waals surface area contributed by atoms with E-state index in [-0.39, 0.29) is 23.7 Å². The van der Waals surface area contributed by atoms with Crippen LogP contribution in [0, 0.1) is 35.9 Å². The Morgan fingerprint density at radius 1 is 1.06 bits per heavy atom. The highest BCUT2D eigenvalue weighted by atomic mass is 32.2. The molecule has 4 aliphatic carbocycles. The summed E-state index contributed by atoms with van der Waals surface area (Å²) in [6.45, 7) is 2.36. The van der Waals surface area contributed by atoms with Crippen molar-refractivity contribution in [3.8, 4) is 5.69 Å². The highest BCUT2D eigenvalue weighted by Crippen LogP contribution is 2.60. The predicted octanol–water partition coefficient (Wildman–Crippen LogP) is 5.84. The first-order chi connectivity index (χ1) is 17.0. The minimum absolute atomic E-state index is 0.166. The molecule has 5 nitrogen and oxygen atoms in total. The maximum atomic E-state index is 14.1. The van der Waals surface area contributed by atoms with Crippen LogP contribution < -0.4 is 5.32 Å². The fourth-order valence-corrected chi connectivity index (χ4v) is 7.98. The van der Waals surface area contributed by atoms with Crippen LogP contribution in [0.2, 0.25) is 0 Å². The smallest absolute Gasteiger partial charge is 0.226 e. The van der Waals surface area contributed by atoms with Crippen LogP contribution in [0.4, 0.5) is 4.39 Å². The summed E-state index contributed by atoms with van der Waals surface area (Å²) in [5.74, 6) is 3.36. The highest BCUT2D eigenvalue weighted by Gasteiger charge is 2.54. The molecule has 4 aliphatic rings. The average Bonchev–Trinajstić information content (AvgIpc) is 3.23. The topological polar surface area (TPSA) is 59.8 Å². The first-order valence-corrected chi connectivity index (χ1v) is 13.6. The fraction of sp³-hybridized carbons (Fsp3) is 0.464. The van der Waals surface area contributed by atoms with Gasteiger partial charge in [0.15, 0.2) is 11.0 Å². The van der Waals surface area contributed by atoms with Gasteiger partial charge in [-0.05, 0) is 87.0 Å². The minimum Gasteiger partial charge on any atom is -0.348 e. The first-order valence-electron chi connectivity index (χ1n) is 12.6. The number of benzene rings is 2. The van der Waals surface area contributed by atoms with E-state index in [0.29, 0.717) is 34.4 Å². The van der Waals surface area contributed by atoms with Gasteiger partial charge in [0.25, 0.3) is 0 Å². The van der Waals surface area contributed by atoms with E-state index in [2.05, 4.69) is 40.6 Å². The second-order valence-corrected chi connectivity index (χ2v) is 11.8. The van der Waals surface area contributed by atoms with E-state index in [4.69, 9.17) is 0 Å². The lowest BCUT2D eigenvalue weighted by Gasteiger charge is -2.55. The number of nitrogens with one attached hydrogen (secondary N) is 1. The summed E-state index contributed by atoms with van der Waals surface area (Å²) < 4.78 is 16.0. The minimum atomic E-state index is -0.311. The Hall–Kier alpha value is -2.67. The van der Waals surface area contributed by atoms with Crippen LogP contribution in [0.25, 0.3) is 5.69 Å². The lowest BCUT2D eigenvalue weighted by molar-refractivity contribution is -0.146. The van der Waals surface area contributed by atoms with Gasteiger partial charge in [-0.25, -0.2) is 4.39 Å². The van der Waals surface area contributed by atoms with Gasteiger partial charge >= 0.3 is 0 Å². The van der Waals surface area contributed by atoms with Gasteiger partial charge in [0.1, 0.15) is 5.82 Å². The number of hydrogen-bond acceptors (Lipinski definition) is 4. The van der Waals surface area contributed by atoms with E-state index in [1.165, 1.54) is 42.5 Å². The molecule has 0 aliphatic heterocycles. The number of aromatic nitrogens is 3. The third-order valence-electron chi connectivity index (χ3n) is 8.14. The standard InChI is InChI=1S/C28H31FN4OS/c1-18-4-2-5-19(8-18)17-35-27-32-31-25(33(27)24-7-3-6-23(29)12-24)16-30-26(34)28-13-20-9-21(14-28)11-22(10-20)15-28/h2-8,12,20-22H,9-11,13-17H2,1H3,(H,30,34). The van der Waals surface area contributed by atoms with Gasteiger partial charge in [-0.1, -0.05) is 47.7 Å². The third kappa shape index (κ3) is 4.51. The molecule has 0 spiro atoms. The Bertz CT molecular complexity index is 1220. The molecule has 4 fully saturated rings. The summed E-state index contributed by atoms with van der Waals surface area (Å²) in [7, 11) is 0. The molecule has 0 atom stereocenters. The average molecular weight is 491 g/mol. The van der Waals surface area contributed by atoms with Gasteiger partial charge in [-0.15, -0.1) is 10.2 Å². The second-order valence-electron chi connectivity index (χ2n) is 10.9. The summed E-state index contributed by atoms with van der Waals surface area (Å²) in [4.78, 5) is 13.5. The van der Waals surface area contributed by atoms with Crippen molar-refractivity contribution in [1.29, 1.82) is 0 Å². The molecule has 182 valence electrons. The summed E-state index contributed by atoms with van der Waals surface area (Å²) in [6.07, 6.45) is 7.00. The van der Waals surface area contributed by atoms with Crippen molar-refractivity contribution in [3.05, 3.63) is 71.3 Å². The third-order valence-corrected chi connectivity index (χ3v) is 9.14. The van der Waals surface area contributed by atoms with Crippen molar-refractivity contribution < 1.29 is 9.18 Å². The van der Waals surface area contributed by atoms with E-state index in [9.17, 15) is 9.18 Å². The van der Waals surface area contributed by atoms with Crippen molar-refractivity contribution in [2.75, 3.05) is 0 Å². The molecule has 35 heavy (non-hydrogen) atoms. The van der Waals surface area contributed by atoms with Gasteiger partial charge < -0.3 is 5.32 Å². The van der Waals surface area contributed by atoms with Crippen LogP contribution >= 0.6 is 11.8 Å². The van der Waals surface area contributed by atoms with Gasteiger partial charge in [0.05, 0.1) is 12.2 Å². The predicted molar refractivity (Wildman–Crippen MR) is 135 cm³/mol. The number of nitrogens with zero attached hydrogens (tertiary/aromatic N) is 3. The van der Waals surface area contributed by atoms with E-state index in [0.717, 1.165) is 25.0 Å². The van der Waals surface area contributed by atoms with Crippen molar-refractivity contribution in [2.24, 2.45) is 23.2 Å². The van der Waals surface area contributed by atoms with Gasteiger partial charge in [0, 0.05) is 11.2 Å². The number of halogens is 1. The SMILES string of the molecule is Cc1cccc(CSc2nnc(CNC(=O)C34CC5CC(CC(C5)C3)C4)n2-c2cccc(F)c2)c1. The highest BCUT2D eigenvalue weighted by molar-refractivity contribution is 7.98. The Balaban J connectivity index is 1.23. The number of carbonyl (C=O) groups is 1. The van der Waals surface area contributed by atoms with Crippen molar-refractivity contribution in [3.63, 3.8) is 0 Å². The van der Waals surface area contributed by atoms with Crippen molar-refractivity contribution in [2.45, 2.75) is 62.9 Å². The molecule has 1 aromatic heterocycles. The summed E-state index contributed by atoms with van der Waals surface area (Å²) in [6, 6.07) is 14.8. The van der Waals surface area contributed by atoms with Crippen molar-refractivity contribution in [1.82, 2.24) is 20.1 Å². The number of aryl methyl sites for hydroxylation is 1. The van der Waals surface area contributed by atoms with Crippen LogP contribution in [0.3, 0.4) is 0 Å². The molecule has 0 unspecified atom stereocenters. The number of hydrogen-bond donors (Lipinski definition) is 1. The molecule has 0 radical (unpaired) electrons. The molecule has 7 heteroatoms. The lowest BCUT2D eigenvalue weighted by Crippen LogP contribution is -2.53. The zero-order valence-electron chi connectivity index (χ0n) is 20.0. The normalized spacial score (nSPS) is 26.7. The molecule has 3 aromatic rings. The zero-order valence-corrected chi connectivity index (χ0v) is 20.9. The molecule has 4 bridgehead atoms. The fourth-order valence-electron chi connectivity index (χ4n) is 7.07. The summed E-state index contributed by atoms with van der Waals surface area (Å²) >= 11 is 1.57. The van der Waals surface area contributed by atoms with Gasteiger partial charge in [-0.2, -0.15) is 0 Å². The van der Waals surface area contributed by atoms with Crippen LogP contribution in [0.1, 0.15) is 55.5 Å². The number of rotatable bonds is 7. The van der Waals surface area contributed by atoms with E-state index in [1.807, 2.05) is 16.7 Å².